The Hall–Kier alpha value is -2.42. The average molecular weight is 252 g/mol. The van der Waals surface area contributed by atoms with Crippen LogP contribution in [0.2, 0.25) is 0 Å². The number of carbonyl (C=O) groups is 1. The molecule has 0 atom stereocenters. The van der Waals surface area contributed by atoms with Gasteiger partial charge in [0.05, 0.1) is 6.21 Å². The molecule has 0 fully saturated rings. The van der Waals surface area contributed by atoms with Crippen molar-refractivity contribution in [1.82, 2.24) is 5.43 Å². The van der Waals surface area contributed by atoms with Crippen LogP contribution in [-0.2, 0) is 0 Å². The van der Waals surface area contributed by atoms with E-state index in [4.69, 9.17) is 0 Å². The predicted octanol–water partition coefficient (Wildman–Crippen LogP) is 3.07. The zero-order chi connectivity index (χ0) is 13.7. The van der Waals surface area contributed by atoms with E-state index in [0.717, 1.165) is 11.1 Å². The molecule has 0 bridgehead atoms. The molecule has 2 aromatic rings. The number of rotatable bonds is 3. The minimum Gasteiger partial charge on any atom is -0.267 e. The smallest absolute Gasteiger partial charge is 0.267 e. The lowest BCUT2D eigenvalue weighted by molar-refractivity contribution is 0.0955. The fraction of sp³-hybridized carbons (Fsp3) is 0.125. The summed E-state index contributed by atoms with van der Waals surface area (Å²) in [6.07, 6.45) is 1.62. The van der Waals surface area contributed by atoms with Crippen LogP contribution in [0.15, 0.2) is 53.6 Å². The van der Waals surface area contributed by atoms with Gasteiger partial charge in [-0.1, -0.05) is 36.4 Å². The summed E-state index contributed by atoms with van der Waals surface area (Å²) in [7, 11) is 0. The Morgan fingerprint density at radius 2 is 1.79 bits per heavy atom. The molecule has 3 heteroatoms. The van der Waals surface area contributed by atoms with E-state index in [-0.39, 0.29) is 5.91 Å². The van der Waals surface area contributed by atoms with Gasteiger partial charge < -0.3 is 0 Å². The zero-order valence-corrected chi connectivity index (χ0v) is 11.1. The molecule has 0 heterocycles. The maximum atomic E-state index is 11.9. The lowest BCUT2D eigenvalue weighted by Crippen LogP contribution is -2.17. The van der Waals surface area contributed by atoms with Crippen molar-refractivity contribution in [3.05, 3.63) is 70.8 Å². The number of aryl methyl sites for hydroxylation is 2. The first-order valence-electron chi connectivity index (χ1n) is 6.12. The van der Waals surface area contributed by atoms with E-state index < -0.39 is 0 Å². The summed E-state index contributed by atoms with van der Waals surface area (Å²) < 4.78 is 0. The highest BCUT2D eigenvalue weighted by molar-refractivity contribution is 5.95. The van der Waals surface area contributed by atoms with Crippen molar-refractivity contribution in [3.63, 3.8) is 0 Å². The quantitative estimate of drug-likeness (QED) is 0.662. The Balaban J connectivity index is 2.01. The molecule has 0 unspecified atom stereocenters. The highest BCUT2D eigenvalue weighted by Gasteiger charge is 2.04. The van der Waals surface area contributed by atoms with Crippen molar-refractivity contribution >= 4 is 12.1 Å². The molecule has 19 heavy (non-hydrogen) atoms. The molecule has 0 saturated carbocycles. The van der Waals surface area contributed by atoms with Gasteiger partial charge in [-0.2, -0.15) is 5.10 Å². The molecule has 0 aliphatic carbocycles. The summed E-state index contributed by atoms with van der Waals surface area (Å²) in [6.45, 7) is 4.00. The summed E-state index contributed by atoms with van der Waals surface area (Å²) in [5.74, 6) is -0.199. The molecule has 0 radical (unpaired) electrons. The van der Waals surface area contributed by atoms with Gasteiger partial charge in [0.1, 0.15) is 0 Å². The fourth-order valence-electron chi connectivity index (χ4n) is 1.65. The second-order valence-electron chi connectivity index (χ2n) is 4.41. The van der Waals surface area contributed by atoms with Crippen LogP contribution in [-0.4, -0.2) is 12.1 Å². The van der Waals surface area contributed by atoms with Crippen LogP contribution in [0.3, 0.4) is 0 Å². The van der Waals surface area contributed by atoms with E-state index in [1.54, 1.807) is 12.3 Å². The van der Waals surface area contributed by atoms with Crippen molar-refractivity contribution in [1.29, 1.82) is 0 Å². The number of benzene rings is 2. The summed E-state index contributed by atoms with van der Waals surface area (Å²) in [4.78, 5) is 11.9. The highest BCUT2D eigenvalue weighted by Crippen LogP contribution is 2.09. The molecular formula is C16H16N2O. The molecular weight excluding hydrogens is 236 g/mol. The van der Waals surface area contributed by atoms with Gasteiger partial charge in [-0.15, -0.1) is 0 Å². The largest absolute Gasteiger partial charge is 0.271 e. The van der Waals surface area contributed by atoms with Crippen LogP contribution < -0.4 is 5.43 Å². The Bertz CT molecular complexity index is 603. The number of nitrogens with zero attached hydrogens (tertiary/aromatic N) is 1. The average Bonchev–Trinajstić information content (AvgIpc) is 2.43. The molecule has 96 valence electrons. The van der Waals surface area contributed by atoms with Crippen LogP contribution in [0.5, 0.6) is 0 Å². The second kappa shape index (κ2) is 5.96. The first-order chi connectivity index (χ1) is 9.16. The second-order valence-corrected chi connectivity index (χ2v) is 4.41. The molecule has 0 aliphatic heterocycles. The molecule has 0 aliphatic rings. The van der Waals surface area contributed by atoms with Gasteiger partial charge in [0, 0.05) is 5.56 Å². The maximum absolute atomic E-state index is 11.9. The van der Waals surface area contributed by atoms with Crippen LogP contribution in [0, 0.1) is 13.8 Å². The van der Waals surface area contributed by atoms with Crippen molar-refractivity contribution in [2.24, 2.45) is 5.10 Å². The van der Waals surface area contributed by atoms with E-state index in [2.05, 4.69) is 10.5 Å². The van der Waals surface area contributed by atoms with Crippen LogP contribution in [0.25, 0.3) is 0 Å². The minimum absolute atomic E-state index is 0.199. The normalized spacial score (nSPS) is 10.6. The van der Waals surface area contributed by atoms with Crippen molar-refractivity contribution < 1.29 is 4.79 Å². The molecule has 0 saturated heterocycles. The summed E-state index contributed by atoms with van der Waals surface area (Å²) in [5.41, 5.74) is 6.36. The lowest BCUT2D eigenvalue weighted by atomic mass is 10.1. The number of carbonyl (C=O) groups excluding carboxylic acids is 1. The van der Waals surface area contributed by atoms with E-state index in [0.29, 0.717) is 5.56 Å². The van der Waals surface area contributed by atoms with E-state index >= 15 is 0 Å². The Morgan fingerprint density at radius 3 is 2.47 bits per heavy atom. The van der Waals surface area contributed by atoms with Gasteiger partial charge in [0.15, 0.2) is 0 Å². The molecule has 1 N–H and O–H groups in total. The summed E-state index contributed by atoms with van der Waals surface area (Å²) >= 11 is 0. The molecule has 1 amide bonds. The predicted molar refractivity (Wildman–Crippen MR) is 77.4 cm³/mol. The van der Waals surface area contributed by atoms with Crippen molar-refractivity contribution in [3.8, 4) is 0 Å². The molecule has 0 aromatic heterocycles. The first-order valence-corrected chi connectivity index (χ1v) is 6.12. The van der Waals surface area contributed by atoms with Crippen LogP contribution in [0.1, 0.15) is 27.0 Å². The van der Waals surface area contributed by atoms with Crippen molar-refractivity contribution in [2.45, 2.75) is 13.8 Å². The number of nitrogens with one attached hydrogen (secondary N) is 1. The molecule has 0 spiro atoms. The van der Waals surface area contributed by atoms with Crippen molar-refractivity contribution in [2.75, 3.05) is 0 Å². The summed E-state index contributed by atoms with van der Waals surface area (Å²) in [6, 6.07) is 15.2. The fourth-order valence-corrected chi connectivity index (χ4v) is 1.65. The summed E-state index contributed by atoms with van der Waals surface area (Å²) in [5, 5.41) is 3.95. The van der Waals surface area contributed by atoms with E-state index in [1.165, 1.54) is 5.56 Å². The van der Waals surface area contributed by atoms with Crippen LogP contribution >= 0.6 is 0 Å². The van der Waals surface area contributed by atoms with E-state index in [1.807, 2.05) is 56.3 Å². The first kappa shape index (κ1) is 13.0. The van der Waals surface area contributed by atoms with E-state index in [9.17, 15) is 4.79 Å². The lowest BCUT2D eigenvalue weighted by Gasteiger charge is -2.03. The topological polar surface area (TPSA) is 41.5 Å². The Morgan fingerprint density at radius 1 is 1.05 bits per heavy atom. The van der Waals surface area contributed by atoms with Gasteiger partial charge in [0.25, 0.3) is 5.91 Å². The number of hydrogen-bond donors (Lipinski definition) is 1. The SMILES string of the molecule is Cc1ccc(C(=O)NN=Cc2ccccc2)cc1C. The Kier molecular flexibility index (Phi) is 4.08. The number of hydrogen-bond acceptors (Lipinski definition) is 2. The minimum atomic E-state index is -0.199. The molecule has 2 aromatic carbocycles. The zero-order valence-electron chi connectivity index (χ0n) is 11.1. The molecule has 3 nitrogen and oxygen atoms in total. The third kappa shape index (κ3) is 3.52. The van der Waals surface area contributed by atoms with Gasteiger partial charge >= 0.3 is 0 Å². The van der Waals surface area contributed by atoms with Gasteiger partial charge in [-0.05, 0) is 42.7 Å². The van der Waals surface area contributed by atoms with Gasteiger partial charge in [0.2, 0.25) is 0 Å². The third-order valence-corrected chi connectivity index (χ3v) is 2.95. The van der Waals surface area contributed by atoms with Gasteiger partial charge in [-0.3, -0.25) is 4.79 Å². The van der Waals surface area contributed by atoms with Gasteiger partial charge in [-0.25, -0.2) is 5.43 Å². The standard InChI is InChI=1S/C16H16N2O/c1-12-8-9-15(10-13(12)2)16(19)18-17-11-14-6-4-3-5-7-14/h3-11H,1-2H3,(H,18,19). The number of hydrazone groups is 1. The third-order valence-electron chi connectivity index (χ3n) is 2.95. The monoisotopic (exact) mass is 252 g/mol. The molecule has 2 rings (SSSR count). The highest BCUT2D eigenvalue weighted by atomic mass is 16.2. The Labute approximate surface area is 113 Å². The maximum Gasteiger partial charge on any atom is 0.271 e. The van der Waals surface area contributed by atoms with Crippen LogP contribution in [0.4, 0.5) is 0 Å². The number of amides is 1.